The number of nitrogens with one attached hydrogen (secondary N) is 1. The average Bonchev–Trinajstić information content (AvgIpc) is 3.84. The minimum atomic E-state index is -0.839. The van der Waals surface area contributed by atoms with Crippen molar-refractivity contribution in [3.63, 3.8) is 0 Å². The van der Waals surface area contributed by atoms with Gasteiger partial charge in [-0.3, -0.25) is 15.0 Å². The lowest BCUT2D eigenvalue weighted by Crippen LogP contribution is -2.52. The number of amides is 1. The molecule has 1 atom stereocenters. The molecule has 1 amide bonds. The van der Waals surface area contributed by atoms with Crippen LogP contribution in [0.4, 0.5) is 11.5 Å². The Kier molecular flexibility index (Phi) is 6.63. The summed E-state index contributed by atoms with van der Waals surface area (Å²) in [6.45, 7) is 1.81. The van der Waals surface area contributed by atoms with E-state index in [1.54, 1.807) is 29.3 Å². The first-order valence-corrected chi connectivity index (χ1v) is 14.6. The Morgan fingerprint density at radius 1 is 0.791 bits per heavy atom. The lowest BCUT2D eigenvalue weighted by Gasteiger charge is -2.38. The predicted molar refractivity (Wildman–Crippen MR) is 166 cm³/mol. The summed E-state index contributed by atoms with van der Waals surface area (Å²) in [5.74, 6) is 0.435. The number of hydrogen-bond acceptors (Lipinski definition) is 5. The molecule has 0 unspecified atom stereocenters. The molecule has 1 saturated carbocycles. The summed E-state index contributed by atoms with van der Waals surface area (Å²) in [4.78, 5) is 33.8. The van der Waals surface area contributed by atoms with Gasteiger partial charge in [-0.05, 0) is 54.7 Å². The van der Waals surface area contributed by atoms with Crippen LogP contribution in [0.1, 0.15) is 42.0 Å². The van der Waals surface area contributed by atoms with Gasteiger partial charge in [0.25, 0.3) is 0 Å². The molecule has 1 spiro atoms. The number of rotatable bonds is 8. The van der Waals surface area contributed by atoms with Gasteiger partial charge in [0.05, 0.1) is 16.6 Å². The summed E-state index contributed by atoms with van der Waals surface area (Å²) in [7, 11) is 0. The van der Waals surface area contributed by atoms with Gasteiger partial charge in [0.2, 0.25) is 5.91 Å². The molecule has 43 heavy (non-hydrogen) atoms. The van der Waals surface area contributed by atoms with Gasteiger partial charge in [0.1, 0.15) is 11.9 Å². The van der Waals surface area contributed by atoms with E-state index in [2.05, 4.69) is 46.7 Å². The number of anilines is 2. The van der Waals surface area contributed by atoms with Crippen LogP contribution in [0.25, 0.3) is 0 Å². The highest BCUT2D eigenvalue weighted by Crippen LogP contribution is 2.59. The Bertz CT molecular complexity index is 1690. The first kappa shape index (κ1) is 26.8. The van der Waals surface area contributed by atoms with Crippen molar-refractivity contribution in [2.75, 3.05) is 4.90 Å². The van der Waals surface area contributed by atoms with Gasteiger partial charge in [-0.25, -0.2) is 9.78 Å². The molecule has 2 aliphatic rings. The van der Waals surface area contributed by atoms with Crippen molar-refractivity contribution in [1.82, 2.24) is 10.3 Å². The Balaban J connectivity index is 1.25. The number of ether oxygens (including phenoxy) is 1. The summed E-state index contributed by atoms with van der Waals surface area (Å²) in [6, 6.07) is 40.7. The zero-order valence-electron chi connectivity index (χ0n) is 23.8. The molecule has 7 rings (SSSR count). The number of carbonyl (C=O) groups is 2. The number of fused-ring (bicyclic) bond motifs is 2. The van der Waals surface area contributed by atoms with Crippen LogP contribution in [0.3, 0.4) is 0 Å². The van der Waals surface area contributed by atoms with E-state index in [1.807, 2.05) is 79.7 Å². The second kappa shape index (κ2) is 10.6. The highest BCUT2D eigenvalue weighted by atomic mass is 16.5. The van der Waals surface area contributed by atoms with Crippen LogP contribution in [-0.2, 0) is 20.5 Å². The van der Waals surface area contributed by atoms with Crippen molar-refractivity contribution in [3.8, 4) is 5.75 Å². The van der Waals surface area contributed by atoms with Crippen LogP contribution < -0.4 is 15.0 Å². The molecule has 4 aromatic carbocycles. The monoisotopic (exact) mass is 565 g/mol. The normalized spacial score (nSPS) is 15.7. The molecular formula is C37H31N3O3. The number of para-hydroxylation sites is 2. The zero-order chi connectivity index (χ0) is 29.4. The summed E-state index contributed by atoms with van der Waals surface area (Å²) in [5.41, 5.74) is 3.07. The third kappa shape index (κ3) is 4.42. The second-order valence-electron chi connectivity index (χ2n) is 11.2. The topological polar surface area (TPSA) is 71.5 Å². The van der Waals surface area contributed by atoms with E-state index < -0.39 is 23.0 Å². The summed E-state index contributed by atoms with van der Waals surface area (Å²) in [5, 5.41) is 3.67. The standard InChI is InChI=1S/C37H31N3O3/c1-26(39-37(27-14-5-2-6-15-27,28-16-7-3-8-17-28)29-18-9-4-10-19-29)34(41)43-32-22-12-11-21-31(32)40-33-30(20-13-25-38-33)36(23-24-36)35(40)42/h2-22,25-26,39H,23-24H2,1H3/t26-/m0/s1. The van der Waals surface area contributed by atoms with E-state index in [4.69, 9.17) is 4.74 Å². The minimum absolute atomic E-state index is 0.0212. The second-order valence-corrected chi connectivity index (χ2v) is 11.2. The molecule has 1 aromatic heterocycles. The van der Waals surface area contributed by atoms with Crippen LogP contribution in [0, 0.1) is 0 Å². The Labute approximate surface area is 251 Å². The van der Waals surface area contributed by atoms with Crippen molar-refractivity contribution in [1.29, 1.82) is 0 Å². The maximum absolute atomic E-state index is 13.9. The van der Waals surface area contributed by atoms with Crippen molar-refractivity contribution in [2.45, 2.75) is 36.8 Å². The highest BCUT2D eigenvalue weighted by molar-refractivity contribution is 6.14. The van der Waals surface area contributed by atoms with E-state index in [9.17, 15) is 9.59 Å². The molecule has 0 saturated heterocycles. The van der Waals surface area contributed by atoms with Crippen molar-refractivity contribution < 1.29 is 14.3 Å². The third-order valence-corrected chi connectivity index (χ3v) is 8.60. The SMILES string of the molecule is C[C@H](NC(c1ccccc1)(c1ccccc1)c1ccccc1)C(=O)Oc1ccccc1N1C(=O)C2(CC2)c2cccnc21. The smallest absolute Gasteiger partial charge is 0.328 e. The van der Waals surface area contributed by atoms with Gasteiger partial charge in [-0.2, -0.15) is 0 Å². The number of benzene rings is 4. The molecule has 2 heterocycles. The Hall–Kier alpha value is -5.07. The maximum atomic E-state index is 13.9. The molecule has 1 N–H and O–H groups in total. The van der Waals surface area contributed by atoms with Crippen molar-refractivity contribution >= 4 is 23.4 Å². The van der Waals surface area contributed by atoms with E-state index in [0.29, 0.717) is 17.3 Å². The molecule has 0 radical (unpaired) electrons. The number of hydrogen-bond donors (Lipinski definition) is 1. The molecule has 1 aliphatic carbocycles. The quantitative estimate of drug-likeness (QED) is 0.129. The number of carbonyl (C=O) groups excluding carboxylic acids is 2. The van der Waals surface area contributed by atoms with Crippen LogP contribution in [0.5, 0.6) is 5.75 Å². The van der Waals surface area contributed by atoms with Gasteiger partial charge in [0.15, 0.2) is 5.75 Å². The van der Waals surface area contributed by atoms with Crippen LogP contribution in [-0.4, -0.2) is 22.9 Å². The van der Waals surface area contributed by atoms with Crippen LogP contribution in [0.2, 0.25) is 0 Å². The molecule has 6 nitrogen and oxygen atoms in total. The van der Waals surface area contributed by atoms with Crippen molar-refractivity contribution in [2.24, 2.45) is 0 Å². The summed E-state index contributed by atoms with van der Waals surface area (Å²) in [6.07, 6.45) is 3.28. The molecule has 0 bridgehead atoms. The lowest BCUT2D eigenvalue weighted by molar-refractivity contribution is -0.136. The van der Waals surface area contributed by atoms with Gasteiger partial charge in [-0.1, -0.05) is 109 Å². The summed E-state index contributed by atoms with van der Waals surface area (Å²) >= 11 is 0. The number of aromatic nitrogens is 1. The van der Waals surface area contributed by atoms with Gasteiger partial charge in [-0.15, -0.1) is 0 Å². The predicted octanol–water partition coefficient (Wildman–Crippen LogP) is 6.67. The largest absolute Gasteiger partial charge is 0.423 e. The molecule has 5 aromatic rings. The zero-order valence-corrected chi connectivity index (χ0v) is 23.8. The Morgan fingerprint density at radius 2 is 1.33 bits per heavy atom. The number of nitrogens with zero attached hydrogens (tertiary/aromatic N) is 2. The first-order valence-electron chi connectivity index (χ1n) is 14.6. The van der Waals surface area contributed by atoms with E-state index in [1.165, 1.54) is 0 Å². The fourth-order valence-electron chi connectivity index (χ4n) is 6.33. The minimum Gasteiger partial charge on any atom is -0.423 e. The van der Waals surface area contributed by atoms with Crippen LogP contribution >= 0.6 is 0 Å². The van der Waals surface area contributed by atoms with E-state index in [0.717, 1.165) is 35.1 Å². The van der Waals surface area contributed by atoms with Gasteiger partial charge in [0, 0.05) is 11.8 Å². The average molecular weight is 566 g/mol. The fourth-order valence-corrected chi connectivity index (χ4v) is 6.33. The molecule has 212 valence electrons. The third-order valence-electron chi connectivity index (χ3n) is 8.60. The first-order chi connectivity index (χ1) is 21.0. The number of esters is 1. The lowest BCUT2D eigenvalue weighted by atomic mass is 9.76. The van der Waals surface area contributed by atoms with E-state index in [-0.39, 0.29) is 5.91 Å². The van der Waals surface area contributed by atoms with Crippen LogP contribution in [0.15, 0.2) is 134 Å². The number of pyridine rings is 1. The van der Waals surface area contributed by atoms with Gasteiger partial charge >= 0.3 is 5.97 Å². The molecule has 1 aliphatic heterocycles. The Morgan fingerprint density at radius 3 is 1.88 bits per heavy atom. The molecule has 6 heteroatoms. The molecule has 1 fully saturated rings. The summed E-state index contributed by atoms with van der Waals surface area (Å²) < 4.78 is 6.10. The molecular weight excluding hydrogens is 534 g/mol. The van der Waals surface area contributed by atoms with Crippen molar-refractivity contribution in [3.05, 3.63) is 156 Å². The van der Waals surface area contributed by atoms with Gasteiger partial charge < -0.3 is 4.74 Å². The highest BCUT2D eigenvalue weighted by Gasteiger charge is 2.60. The maximum Gasteiger partial charge on any atom is 0.328 e. The van der Waals surface area contributed by atoms with E-state index >= 15 is 0 Å². The fraction of sp³-hybridized carbons (Fsp3) is 0.162.